The molecule has 1 radical (unpaired) electrons. The van der Waals surface area contributed by atoms with Gasteiger partial charge in [-0.15, -0.1) is 5.10 Å². The lowest BCUT2D eigenvalue weighted by molar-refractivity contribution is 0.881. The van der Waals surface area contributed by atoms with Crippen molar-refractivity contribution in [2.75, 3.05) is 0 Å². The molecule has 0 spiro atoms. The molecule has 12 heavy (non-hydrogen) atoms. The lowest BCUT2D eigenvalue weighted by Crippen LogP contribution is -1.80. The second kappa shape index (κ2) is 2.91. The van der Waals surface area contributed by atoms with Gasteiger partial charge in [0.25, 0.3) is 0 Å². The molecule has 0 aliphatic heterocycles. The highest BCUT2D eigenvalue weighted by molar-refractivity contribution is 6.30. The van der Waals surface area contributed by atoms with Gasteiger partial charge in [-0.2, -0.15) is 0 Å². The summed E-state index contributed by atoms with van der Waals surface area (Å²) < 4.78 is 0. The van der Waals surface area contributed by atoms with Crippen molar-refractivity contribution in [2.45, 2.75) is 0 Å². The highest BCUT2D eigenvalue weighted by Crippen LogP contribution is 2.15. The van der Waals surface area contributed by atoms with Gasteiger partial charge in [-0.1, -0.05) is 11.6 Å². The molecule has 0 saturated heterocycles. The van der Waals surface area contributed by atoms with E-state index in [-0.39, 0.29) is 0 Å². The number of rotatable bonds is 1. The number of nitrogens with zero attached hydrogens (tertiary/aromatic N) is 3. The molecule has 1 N–H and O–H groups in total. The average molecular weight is 180 g/mol. The van der Waals surface area contributed by atoms with Gasteiger partial charge in [0.1, 0.15) is 0 Å². The molecule has 0 amide bonds. The maximum Gasteiger partial charge on any atom is 0.180 e. The van der Waals surface area contributed by atoms with Crippen LogP contribution in [0.4, 0.5) is 0 Å². The maximum atomic E-state index is 5.68. The molecule has 0 aliphatic carbocycles. The molecular formula is C7H4ClN4. The first kappa shape index (κ1) is 7.24. The SMILES string of the molecule is Clc1c[c]c(-c2nnn[nH]2)cc1. The number of aromatic nitrogens is 4. The van der Waals surface area contributed by atoms with Gasteiger partial charge in [-0.3, -0.25) is 0 Å². The smallest absolute Gasteiger partial charge is 0.180 e. The van der Waals surface area contributed by atoms with E-state index in [1.807, 2.05) is 0 Å². The molecular weight excluding hydrogens is 176 g/mol. The molecule has 2 rings (SSSR count). The molecule has 1 heterocycles. The maximum absolute atomic E-state index is 5.68. The van der Waals surface area contributed by atoms with Crippen molar-refractivity contribution < 1.29 is 0 Å². The normalized spacial score (nSPS) is 10.1. The lowest BCUT2D eigenvalue weighted by Gasteiger charge is -1.92. The monoisotopic (exact) mass is 179 g/mol. The fourth-order valence-corrected chi connectivity index (χ4v) is 0.944. The first-order valence-electron chi connectivity index (χ1n) is 3.27. The van der Waals surface area contributed by atoms with E-state index >= 15 is 0 Å². The number of hydrogen-bond donors (Lipinski definition) is 1. The molecule has 2 aromatic rings. The Labute approximate surface area is 73.6 Å². The molecule has 0 fully saturated rings. The van der Waals surface area contributed by atoms with Gasteiger partial charge < -0.3 is 0 Å². The Kier molecular flexibility index (Phi) is 1.75. The fraction of sp³-hybridized carbons (Fsp3) is 0. The Morgan fingerprint density at radius 3 is 2.92 bits per heavy atom. The van der Waals surface area contributed by atoms with Crippen LogP contribution in [0.2, 0.25) is 5.02 Å². The van der Waals surface area contributed by atoms with Crippen molar-refractivity contribution in [3.8, 4) is 11.4 Å². The molecule has 5 heteroatoms. The van der Waals surface area contributed by atoms with E-state index in [4.69, 9.17) is 11.6 Å². The third-order valence-corrected chi connectivity index (χ3v) is 1.61. The van der Waals surface area contributed by atoms with Gasteiger partial charge in [0.15, 0.2) is 5.82 Å². The van der Waals surface area contributed by atoms with Crippen molar-refractivity contribution in [3.63, 3.8) is 0 Å². The van der Waals surface area contributed by atoms with Crippen LogP contribution in [0.15, 0.2) is 18.2 Å². The zero-order valence-corrected chi connectivity index (χ0v) is 6.71. The van der Waals surface area contributed by atoms with Gasteiger partial charge in [0.05, 0.1) is 0 Å². The summed E-state index contributed by atoms with van der Waals surface area (Å²) in [7, 11) is 0. The number of H-pyrrole nitrogens is 1. The Bertz CT molecular complexity index is 353. The quantitative estimate of drug-likeness (QED) is 0.719. The third-order valence-electron chi connectivity index (χ3n) is 1.38. The van der Waals surface area contributed by atoms with Crippen LogP contribution in [0.3, 0.4) is 0 Å². The number of aromatic amines is 1. The van der Waals surface area contributed by atoms with Crippen molar-refractivity contribution in [2.24, 2.45) is 0 Å². The van der Waals surface area contributed by atoms with Gasteiger partial charge >= 0.3 is 0 Å². The van der Waals surface area contributed by atoms with Crippen LogP contribution >= 0.6 is 11.6 Å². The van der Waals surface area contributed by atoms with Crippen LogP contribution in [0, 0.1) is 6.07 Å². The molecule has 0 saturated carbocycles. The van der Waals surface area contributed by atoms with Crippen LogP contribution in [0.25, 0.3) is 11.4 Å². The summed E-state index contributed by atoms with van der Waals surface area (Å²) in [5.41, 5.74) is 0.796. The highest BCUT2D eigenvalue weighted by atomic mass is 35.5. The van der Waals surface area contributed by atoms with Crippen LogP contribution in [-0.2, 0) is 0 Å². The predicted molar refractivity (Wildman–Crippen MR) is 43.5 cm³/mol. The Hall–Kier alpha value is -1.42. The molecule has 1 aromatic carbocycles. The molecule has 1 aromatic heterocycles. The summed E-state index contributed by atoms with van der Waals surface area (Å²) in [6, 6.07) is 8.16. The lowest BCUT2D eigenvalue weighted by atomic mass is 10.2. The molecule has 59 valence electrons. The minimum atomic E-state index is 0.590. The third kappa shape index (κ3) is 1.29. The molecule has 0 atom stereocenters. The summed E-state index contributed by atoms with van der Waals surface area (Å²) in [5, 5.41) is 13.9. The minimum absolute atomic E-state index is 0.590. The van der Waals surface area contributed by atoms with Crippen LogP contribution < -0.4 is 0 Å². The van der Waals surface area contributed by atoms with Crippen molar-refractivity contribution in [1.82, 2.24) is 20.6 Å². The number of hydrogen-bond acceptors (Lipinski definition) is 3. The van der Waals surface area contributed by atoms with Gasteiger partial charge in [0.2, 0.25) is 0 Å². The number of nitrogens with one attached hydrogen (secondary N) is 1. The number of benzene rings is 1. The Morgan fingerprint density at radius 2 is 2.33 bits per heavy atom. The largest absolute Gasteiger partial charge is 0.239 e. The summed E-state index contributed by atoms with van der Waals surface area (Å²) in [4.78, 5) is 0. The van der Waals surface area contributed by atoms with Crippen molar-refractivity contribution in [3.05, 3.63) is 29.3 Å². The summed E-state index contributed by atoms with van der Waals surface area (Å²) in [6.07, 6.45) is 0. The molecule has 4 nitrogen and oxygen atoms in total. The Balaban J connectivity index is 2.43. The van der Waals surface area contributed by atoms with E-state index < -0.39 is 0 Å². The summed E-state index contributed by atoms with van der Waals surface area (Å²) >= 11 is 5.68. The van der Waals surface area contributed by atoms with E-state index in [9.17, 15) is 0 Å². The van der Waals surface area contributed by atoms with Gasteiger partial charge in [-0.25, -0.2) is 5.10 Å². The predicted octanol–water partition coefficient (Wildman–Crippen LogP) is 1.32. The summed E-state index contributed by atoms with van der Waals surface area (Å²) in [5.74, 6) is 0.590. The summed E-state index contributed by atoms with van der Waals surface area (Å²) in [6.45, 7) is 0. The van der Waals surface area contributed by atoms with Crippen LogP contribution in [0.1, 0.15) is 0 Å². The second-order valence-corrected chi connectivity index (χ2v) is 2.61. The first-order chi connectivity index (χ1) is 5.86. The second-order valence-electron chi connectivity index (χ2n) is 2.17. The number of halogens is 1. The van der Waals surface area contributed by atoms with Gasteiger partial charge in [0, 0.05) is 10.6 Å². The number of tetrazole rings is 1. The first-order valence-corrected chi connectivity index (χ1v) is 3.65. The Morgan fingerprint density at radius 1 is 1.42 bits per heavy atom. The topological polar surface area (TPSA) is 54.5 Å². The molecule has 0 unspecified atom stereocenters. The fourth-order valence-electron chi connectivity index (χ4n) is 0.826. The minimum Gasteiger partial charge on any atom is -0.239 e. The van der Waals surface area contributed by atoms with Gasteiger partial charge in [-0.05, 0) is 34.7 Å². The standard InChI is InChI=1S/C7H4ClN4/c8-6-3-1-5(2-4-6)7-9-11-12-10-7/h1,3-4H,(H,9,10,11,12). The van der Waals surface area contributed by atoms with E-state index in [1.165, 1.54) is 0 Å². The van der Waals surface area contributed by atoms with Crippen molar-refractivity contribution >= 4 is 11.6 Å². The van der Waals surface area contributed by atoms with E-state index in [0.29, 0.717) is 10.8 Å². The van der Waals surface area contributed by atoms with E-state index in [2.05, 4.69) is 26.7 Å². The van der Waals surface area contributed by atoms with Crippen LogP contribution in [0.5, 0.6) is 0 Å². The van der Waals surface area contributed by atoms with Crippen molar-refractivity contribution in [1.29, 1.82) is 0 Å². The zero-order chi connectivity index (χ0) is 8.39. The highest BCUT2D eigenvalue weighted by Gasteiger charge is 2.00. The molecule has 0 aliphatic rings. The zero-order valence-electron chi connectivity index (χ0n) is 5.95. The van der Waals surface area contributed by atoms with E-state index in [0.717, 1.165) is 5.56 Å². The molecule has 0 bridgehead atoms. The van der Waals surface area contributed by atoms with E-state index in [1.54, 1.807) is 18.2 Å². The average Bonchev–Trinajstić information content (AvgIpc) is 2.58. The van der Waals surface area contributed by atoms with Crippen LogP contribution in [-0.4, -0.2) is 20.6 Å².